The summed E-state index contributed by atoms with van der Waals surface area (Å²) in [5.74, 6) is 0. The van der Waals surface area contributed by atoms with Crippen molar-refractivity contribution >= 4 is 48.9 Å². The molecule has 1 N–H and O–H groups in total. The number of aromatic amines is 1. The van der Waals surface area contributed by atoms with Crippen molar-refractivity contribution in [2.24, 2.45) is 0 Å². The van der Waals surface area contributed by atoms with Crippen LogP contribution < -0.4 is 0 Å². The van der Waals surface area contributed by atoms with Gasteiger partial charge in [-0.2, -0.15) is 0 Å². The van der Waals surface area contributed by atoms with Crippen molar-refractivity contribution in [2.75, 3.05) is 0 Å². The Morgan fingerprint density at radius 1 is 1.50 bits per heavy atom. The van der Waals surface area contributed by atoms with Crippen molar-refractivity contribution in [1.29, 1.82) is 0 Å². The van der Waals surface area contributed by atoms with E-state index in [1.165, 1.54) is 0 Å². The smallest absolute Gasteiger partial charge is 0.0919 e. The molecule has 0 bridgehead atoms. The third-order valence-electron chi connectivity index (χ3n) is 0.406. The number of H-pyrrole nitrogens is 1. The van der Waals surface area contributed by atoms with Gasteiger partial charge in [0, 0.05) is 12.4 Å². The standard InChI is InChI=1S/C3H4N2.Ba.2H/c1-2-5-3-4-1;;;/h1-3H,(H,4,5);;;. The molecule has 0 saturated heterocycles. The molecule has 0 atom stereocenters. The van der Waals surface area contributed by atoms with Gasteiger partial charge in [0.1, 0.15) is 0 Å². The van der Waals surface area contributed by atoms with Crippen molar-refractivity contribution in [3.8, 4) is 0 Å². The Morgan fingerprint density at radius 3 is 2.50 bits per heavy atom. The summed E-state index contributed by atoms with van der Waals surface area (Å²) in [4.78, 5) is 6.42. The molecule has 0 amide bonds. The van der Waals surface area contributed by atoms with Crippen molar-refractivity contribution < 1.29 is 0 Å². The van der Waals surface area contributed by atoms with Crippen LogP contribution in [0.1, 0.15) is 0 Å². The summed E-state index contributed by atoms with van der Waals surface area (Å²) in [6, 6.07) is 0. The number of rotatable bonds is 0. The van der Waals surface area contributed by atoms with Gasteiger partial charge in [0.2, 0.25) is 0 Å². The van der Waals surface area contributed by atoms with Gasteiger partial charge in [-0.1, -0.05) is 0 Å². The van der Waals surface area contributed by atoms with Crippen LogP contribution >= 0.6 is 0 Å². The molecule has 0 radical (unpaired) electrons. The monoisotopic (exact) mass is 208 g/mol. The van der Waals surface area contributed by atoms with Gasteiger partial charge >= 0.3 is 48.9 Å². The minimum absolute atomic E-state index is 0. The Kier molecular flexibility index (Phi) is 4.47. The van der Waals surface area contributed by atoms with Crippen molar-refractivity contribution in [3.05, 3.63) is 18.7 Å². The fourth-order valence-corrected chi connectivity index (χ4v) is 0.215. The van der Waals surface area contributed by atoms with Gasteiger partial charge < -0.3 is 4.98 Å². The van der Waals surface area contributed by atoms with Crippen LogP contribution in [0.15, 0.2) is 18.7 Å². The van der Waals surface area contributed by atoms with Gasteiger partial charge in [0.25, 0.3) is 0 Å². The molecular formula is C3H6BaN2. The first kappa shape index (κ1) is 6.78. The van der Waals surface area contributed by atoms with Crippen LogP contribution in [-0.2, 0) is 0 Å². The van der Waals surface area contributed by atoms with E-state index in [1.807, 2.05) is 0 Å². The molecule has 6 heavy (non-hydrogen) atoms. The maximum absolute atomic E-state index is 3.67. The molecular weight excluding hydrogens is 201 g/mol. The van der Waals surface area contributed by atoms with Crippen LogP contribution in [0.25, 0.3) is 0 Å². The molecule has 0 saturated carbocycles. The van der Waals surface area contributed by atoms with E-state index >= 15 is 0 Å². The van der Waals surface area contributed by atoms with Gasteiger partial charge in [-0.3, -0.25) is 0 Å². The number of imidazole rings is 1. The molecule has 0 aliphatic heterocycles. The van der Waals surface area contributed by atoms with Crippen LogP contribution in [0.2, 0.25) is 0 Å². The molecule has 1 aromatic rings. The van der Waals surface area contributed by atoms with Crippen molar-refractivity contribution in [2.45, 2.75) is 0 Å². The van der Waals surface area contributed by atoms with Gasteiger partial charge in [-0.05, 0) is 0 Å². The Balaban J connectivity index is 0.000000250. The predicted octanol–water partition coefficient (Wildman–Crippen LogP) is -0.507. The van der Waals surface area contributed by atoms with Crippen LogP contribution in [0, 0.1) is 0 Å². The summed E-state index contributed by atoms with van der Waals surface area (Å²) in [5, 5.41) is 0. The Bertz CT molecular complexity index is 65.3. The quantitative estimate of drug-likeness (QED) is 0.571. The fourth-order valence-electron chi connectivity index (χ4n) is 0.215. The first-order valence-electron chi connectivity index (χ1n) is 1.43. The molecule has 2 nitrogen and oxygen atoms in total. The average molecular weight is 207 g/mol. The van der Waals surface area contributed by atoms with E-state index in [0.717, 1.165) is 0 Å². The fraction of sp³-hybridized carbons (Fsp3) is 0. The Hall–Kier alpha value is 0.781. The molecule has 0 fully saturated rings. The Labute approximate surface area is 76.4 Å². The minimum atomic E-state index is 0. The summed E-state index contributed by atoms with van der Waals surface area (Å²) in [7, 11) is 0. The molecule has 1 aromatic heterocycles. The zero-order chi connectivity index (χ0) is 3.54. The van der Waals surface area contributed by atoms with E-state index in [-0.39, 0.29) is 48.9 Å². The summed E-state index contributed by atoms with van der Waals surface area (Å²) >= 11 is 0. The normalized spacial score (nSPS) is 6.67. The second-order valence-corrected chi connectivity index (χ2v) is 0.761. The molecule has 3 heteroatoms. The summed E-state index contributed by atoms with van der Waals surface area (Å²) in [5.41, 5.74) is 0. The summed E-state index contributed by atoms with van der Waals surface area (Å²) < 4.78 is 0. The van der Waals surface area contributed by atoms with Crippen LogP contribution in [0.4, 0.5) is 0 Å². The van der Waals surface area contributed by atoms with E-state index in [9.17, 15) is 0 Å². The van der Waals surface area contributed by atoms with Gasteiger partial charge in [0.15, 0.2) is 0 Å². The summed E-state index contributed by atoms with van der Waals surface area (Å²) in [6.45, 7) is 0. The van der Waals surface area contributed by atoms with E-state index in [4.69, 9.17) is 0 Å². The second kappa shape index (κ2) is 3.95. The molecule has 0 aliphatic rings. The van der Waals surface area contributed by atoms with Gasteiger partial charge in [0.05, 0.1) is 6.33 Å². The molecule has 30 valence electrons. The first-order chi connectivity index (χ1) is 2.50. The largest absolute Gasteiger partial charge is 0.351 e. The topological polar surface area (TPSA) is 28.7 Å². The van der Waals surface area contributed by atoms with Gasteiger partial charge in [-0.15, -0.1) is 0 Å². The van der Waals surface area contributed by atoms with E-state index < -0.39 is 0 Å². The molecule has 1 heterocycles. The third-order valence-corrected chi connectivity index (χ3v) is 0.406. The number of hydrogen-bond acceptors (Lipinski definition) is 1. The second-order valence-electron chi connectivity index (χ2n) is 0.761. The SMILES string of the molecule is [BaH2].c1c[nH]cn1. The maximum Gasteiger partial charge on any atom is 0.0919 e. The number of nitrogens with zero attached hydrogens (tertiary/aromatic N) is 1. The zero-order valence-electron chi connectivity index (χ0n) is 2.68. The molecule has 0 aromatic carbocycles. The number of nitrogens with one attached hydrogen (secondary N) is 1. The Morgan fingerprint density at radius 2 is 2.33 bits per heavy atom. The molecule has 0 spiro atoms. The van der Waals surface area contributed by atoms with Gasteiger partial charge in [-0.25, -0.2) is 4.98 Å². The predicted molar refractivity (Wildman–Crippen MR) is 27.1 cm³/mol. The van der Waals surface area contributed by atoms with Crippen LogP contribution in [0.3, 0.4) is 0 Å². The summed E-state index contributed by atoms with van der Waals surface area (Å²) in [6.07, 6.45) is 5.08. The van der Waals surface area contributed by atoms with Crippen molar-refractivity contribution in [1.82, 2.24) is 9.97 Å². The van der Waals surface area contributed by atoms with E-state index in [0.29, 0.717) is 0 Å². The molecule has 1 rings (SSSR count). The third kappa shape index (κ3) is 2.05. The molecule has 0 unspecified atom stereocenters. The minimum Gasteiger partial charge on any atom is -0.351 e. The zero-order valence-corrected chi connectivity index (χ0v) is 2.68. The number of aromatic nitrogens is 2. The number of hydrogen-bond donors (Lipinski definition) is 1. The van der Waals surface area contributed by atoms with E-state index in [2.05, 4.69) is 9.97 Å². The molecule has 0 aliphatic carbocycles. The first-order valence-corrected chi connectivity index (χ1v) is 1.43. The maximum atomic E-state index is 3.67. The average Bonchev–Trinajstić information content (AvgIpc) is 1.76. The van der Waals surface area contributed by atoms with E-state index in [1.54, 1.807) is 18.7 Å². The van der Waals surface area contributed by atoms with Crippen LogP contribution in [-0.4, -0.2) is 58.8 Å². The van der Waals surface area contributed by atoms with Crippen molar-refractivity contribution in [3.63, 3.8) is 0 Å². The van der Waals surface area contributed by atoms with Crippen LogP contribution in [0.5, 0.6) is 0 Å².